The number of ether oxygens (including phenoxy) is 1. The highest BCUT2D eigenvalue weighted by Gasteiger charge is 2.26. The second-order valence-electron chi connectivity index (χ2n) is 7.40. The molecule has 27 heavy (non-hydrogen) atoms. The molecule has 1 aliphatic carbocycles. The van der Waals surface area contributed by atoms with Crippen molar-refractivity contribution in [1.82, 2.24) is 19.4 Å². The molecule has 1 amide bonds. The second-order valence-corrected chi connectivity index (χ2v) is 7.40. The van der Waals surface area contributed by atoms with Gasteiger partial charge in [0.25, 0.3) is 0 Å². The molecule has 2 fully saturated rings. The number of hydrogen-bond acceptors (Lipinski definition) is 4. The maximum Gasteiger partial charge on any atom is 0.226 e. The molecule has 6 heteroatoms. The molecular formula is C21H28N4O2. The first-order valence-electron chi connectivity index (χ1n) is 9.99. The van der Waals surface area contributed by atoms with Gasteiger partial charge in [-0.25, -0.2) is 4.98 Å². The van der Waals surface area contributed by atoms with E-state index in [2.05, 4.69) is 20.6 Å². The number of hydrogen-bond donors (Lipinski definition) is 0. The van der Waals surface area contributed by atoms with Crippen LogP contribution >= 0.6 is 0 Å². The summed E-state index contributed by atoms with van der Waals surface area (Å²) < 4.78 is 7.99. The number of nitrogens with zero attached hydrogens (tertiary/aromatic N) is 4. The Kier molecular flexibility index (Phi) is 5.72. The van der Waals surface area contributed by atoms with E-state index in [-0.39, 0.29) is 5.91 Å². The third-order valence-corrected chi connectivity index (χ3v) is 5.32. The van der Waals surface area contributed by atoms with Crippen LogP contribution in [0.25, 0.3) is 0 Å². The van der Waals surface area contributed by atoms with E-state index in [9.17, 15) is 4.79 Å². The monoisotopic (exact) mass is 368 g/mol. The van der Waals surface area contributed by atoms with Crippen LogP contribution in [0, 0.1) is 0 Å². The molecule has 0 unspecified atom stereocenters. The number of rotatable bonds is 7. The average Bonchev–Trinajstić information content (AvgIpc) is 3.47. The highest BCUT2D eigenvalue weighted by molar-refractivity contribution is 5.76. The minimum absolute atomic E-state index is 0.187. The Morgan fingerprint density at radius 3 is 2.78 bits per heavy atom. The Morgan fingerprint density at radius 2 is 1.96 bits per heavy atom. The number of aromatic nitrogens is 2. The fourth-order valence-electron chi connectivity index (χ4n) is 3.66. The Balaban J connectivity index is 1.23. The van der Waals surface area contributed by atoms with Gasteiger partial charge in [0.2, 0.25) is 5.91 Å². The predicted molar refractivity (Wildman–Crippen MR) is 104 cm³/mol. The van der Waals surface area contributed by atoms with Crippen molar-refractivity contribution in [2.24, 2.45) is 0 Å². The number of carbonyl (C=O) groups is 1. The van der Waals surface area contributed by atoms with Gasteiger partial charge in [0.05, 0.1) is 19.6 Å². The van der Waals surface area contributed by atoms with Crippen molar-refractivity contribution < 1.29 is 9.53 Å². The molecule has 4 rings (SSSR count). The van der Waals surface area contributed by atoms with E-state index >= 15 is 0 Å². The number of imidazole rings is 1. The third-order valence-electron chi connectivity index (χ3n) is 5.32. The summed E-state index contributed by atoms with van der Waals surface area (Å²) in [5, 5.41) is 0. The zero-order valence-corrected chi connectivity index (χ0v) is 15.8. The van der Waals surface area contributed by atoms with Gasteiger partial charge in [0, 0.05) is 44.6 Å². The molecule has 144 valence electrons. The fraction of sp³-hybridized carbons (Fsp3) is 0.524. The first-order valence-corrected chi connectivity index (χ1v) is 9.99. The maximum absolute atomic E-state index is 12.5. The van der Waals surface area contributed by atoms with Crippen molar-refractivity contribution in [3.8, 4) is 5.75 Å². The van der Waals surface area contributed by atoms with Crippen molar-refractivity contribution >= 4 is 5.91 Å². The van der Waals surface area contributed by atoms with Gasteiger partial charge in [-0.05, 0) is 31.4 Å². The standard InChI is InChI=1S/C21H28N4O2/c26-21(9-16-27-19-5-2-1-3-6-19)24-12-4-11-23(14-15-24)17-20-22-10-13-25(20)18-7-8-18/h1-3,5-6,10,13,18H,4,7-9,11-12,14-17H2. The topological polar surface area (TPSA) is 50.6 Å². The highest BCUT2D eigenvalue weighted by Crippen LogP contribution is 2.35. The summed E-state index contributed by atoms with van der Waals surface area (Å²) in [6.45, 7) is 4.85. The van der Waals surface area contributed by atoms with Crippen LogP contribution in [0.2, 0.25) is 0 Å². The summed E-state index contributed by atoms with van der Waals surface area (Å²) in [4.78, 5) is 21.5. The summed E-state index contributed by atoms with van der Waals surface area (Å²) in [5.41, 5.74) is 0. The van der Waals surface area contributed by atoms with E-state index in [0.717, 1.165) is 50.7 Å². The average molecular weight is 368 g/mol. The lowest BCUT2D eigenvalue weighted by atomic mass is 10.3. The van der Waals surface area contributed by atoms with Crippen LogP contribution in [-0.4, -0.2) is 58.0 Å². The van der Waals surface area contributed by atoms with Gasteiger partial charge in [0.15, 0.2) is 0 Å². The summed E-state index contributed by atoms with van der Waals surface area (Å²) in [5.74, 6) is 2.17. The zero-order valence-electron chi connectivity index (χ0n) is 15.8. The first-order chi connectivity index (χ1) is 13.3. The van der Waals surface area contributed by atoms with Gasteiger partial charge in [-0.2, -0.15) is 0 Å². The molecule has 1 saturated carbocycles. The lowest BCUT2D eigenvalue weighted by Gasteiger charge is -2.22. The van der Waals surface area contributed by atoms with Gasteiger partial charge in [0.1, 0.15) is 11.6 Å². The number of benzene rings is 1. The van der Waals surface area contributed by atoms with E-state index in [4.69, 9.17) is 4.74 Å². The highest BCUT2D eigenvalue weighted by atomic mass is 16.5. The maximum atomic E-state index is 12.5. The fourth-order valence-corrected chi connectivity index (χ4v) is 3.66. The van der Waals surface area contributed by atoms with Crippen molar-refractivity contribution in [3.05, 3.63) is 48.5 Å². The van der Waals surface area contributed by atoms with E-state index in [1.54, 1.807) is 0 Å². The third kappa shape index (κ3) is 4.89. The molecule has 1 aromatic carbocycles. The normalized spacial score (nSPS) is 18.3. The van der Waals surface area contributed by atoms with E-state index < -0.39 is 0 Å². The van der Waals surface area contributed by atoms with Crippen molar-refractivity contribution in [3.63, 3.8) is 0 Å². The van der Waals surface area contributed by atoms with Gasteiger partial charge >= 0.3 is 0 Å². The van der Waals surface area contributed by atoms with E-state index in [0.29, 0.717) is 19.1 Å². The minimum atomic E-state index is 0.187. The first kappa shape index (κ1) is 18.0. The van der Waals surface area contributed by atoms with Gasteiger partial charge < -0.3 is 14.2 Å². The summed E-state index contributed by atoms with van der Waals surface area (Å²) in [6.07, 6.45) is 8.01. The van der Waals surface area contributed by atoms with Gasteiger partial charge in [-0.1, -0.05) is 18.2 Å². The number of amides is 1. The smallest absolute Gasteiger partial charge is 0.226 e. The summed E-state index contributed by atoms with van der Waals surface area (Å²) in [7, 11) is 0. The lowest BCUT2D eigenvalue weighted by molar-refractivity contribution is -0.131. The van der Waals surface area contributed by atoms with Crippen LogP contribution in [0.3, 0.4) is 0 Å². The van der Waals surface area contributed by atoms with E-state index in [1.807, 2.05) is 41.4 Å². The molecule has 0 spiro atoms. The molecule has 2 aromatic rings. The predicted octanol–water partition coefficient (Wildman–Crippen LogP) is 2.72. The van der Waals surface area contributed by atoms with Crippen molar-refractivity contribution in [2.75, 3.05) is 32.8 Å². The molecule has 0 bridgehead atoms. The Bertz CT molecular complexity index is 742. The van der Waals surface area contributed by atoms with E-state index in [1.165, 1.54) is 12.8 Å². The Hall–Kier alpha value is -2.34. The second kappa shape index (κ2) is 8.57. The molecule has 1 saturated heterocycles. The molecular weight excluding hydrogens is 340 g/mol. The largest absolute Gasteiger partial charge is 0.493 e. The quantitative estimate of drug-likeness (QED) is 0.754. The van der Waals surface area contributed by atoms with Crippen LogP contribution in [0.5, 0.6) is 5.75 Å². The van der Waals surface area contributed by atoms with Gasteiger partial charge in [-0.3, -0.25) is 9.69 Å². The molecule has 0 N–H and O–H groups in total. The molecule has 0 atom stereocenters. The zero-order chi connectivity index (χ0) is 18.5. The molecule has 6 nitrogen and oxygen atoms in total. The summed E-state index contributed by atoms with van der Waals surface area (Å²) >= 11 is 0. The van der Waals surface area contributed by atoms with Gasteiger partial charge in [-0.15, -0.1) is 0 Å². The van der Waals surface area contributed by atoms with Crippen molar-refractivity contribution in [1.29, 1.82) is 0 Å². The SMILES string of the molecule is O=C(CCOc1ccccc1)N1CCCN(Cc2nccn2C2CC2)CC1. The van der Waals surface area contributed by atoms with Crippen LogP contribution in [-0.2, 0) is 11.3 Å². The number of carbonyl (C=O) groups excluding carboxylic acids is 1. The summed E-state index contributed by atoms with van der Waals surface area (Å²) in [6, 6.07) is 10.3. The number of para-hydroxylation sites is 1. The van der Waals surface area contributed by atoms with Crippen LogP contribution in [0.15, 0.2) is 42.7 Å². The Morgan fingerprint density at radius 1 is 1.11 bits per heavy atom. The molecule has 2 heterocycles. The minimum Gasteiger partial charge on any atom is -0.493 e. The van der Waals surface area contributed by atoms with Crippen LogP contribution in [0.4, 0.5) is 0 Å². The Labute approximate surface area is 160 Å². The van der Waals surface area contributed by atoms with Crippen LogP contribution in [0.1, 0.15) is 37.5 Å². The molecule has 1 aliphatic heterocycles. The molecule has 1 aromatic heterocycles. The molecule has 0 radical (unpaired) electrons. The van der Waals surface area contributed by atoms with Crippen molar-refractivity contribution in [2.45, 2.75) is 38.3 Å². The van der Waals surface area contributed by atoms with Crippen LogP contribution < -0.4 is 4.74 Å². The lowest BCUT2D eigenvalue weighted by Crippen LogP contribution is -2.35. The molecule has 2 aliphatic rings.